The Morgan fingerprint density at radius 1 is 1.18 bits per heavy atom. The van der Waals surface area contributed by atoms with Crippen molar-refractivity contribution >= 4 is 35.1 Å². The molecule has 1 atom stereocenters. The van der Waals surface area contributed by atoms with E-state index in [0.717, 1.165) is 17.1 Å². The van der Waals surface area contributed by atoms with Crippen LogP contribution in [0.25, 0.3) is 0 Å². The number of nitrogens with one attached hydrogen (secondary N) is 1. The second-order valence-electron chi connectivity index (χ2n) is 4.81. The fourth-order valence-electron chi connectivity index (χ4n) is 2.40. The third-order valence-electron chi connectivity index (χ3n) is 3.45. The van der Waals surface area contributed by atoms with Crippen LogP contribution in [0.1, 0.15) is 43.6 Å². The van der Waals surface area contributed by atoms with Crippen molar-refractivity contribution in [3.63, 3.8) is 0 Å². The molecule has 0 radical (unpaired) electrons. The Balaban J connectivity index is 2.04. The van der Waals surface area contributed by atoms with E-state index in [1.54, 1.807) is 12.1 Å². The topological polar surface area (TPSA) is 117 Å². The van der Waals surface area contributed by atoms with E-state index in [1.807, 2.05) is 0 Å². The molecule has 1 aromatic carbocycles. The van der Waals surface area contributed by atoms with Crippen molar-refractivity contribution in [1.29, 1.82) is 0 Å². The third kappa shape index (κ3) is 2.33. The molecule has 8 heteroatoms. The number of aromatic nitrogens is 1. The zero-order valence-corrected chi connectivity index (χ0v) is 11.9. The van der Waals surface area contributed by atoms with Gasteiger partial charge in [0.05, 0.1) is 16.1 Å². The number of carboxylic acids is 2. The fourth-order valence-corrected chi connectivity index (χ4v) is 3.35. The van der Waals surface area contributed by atoms with E-state index < -0.39 is 11.9 Å². The fraction of sp³-hybridized carbons (Fsp3) is 0.143. The first-order valence-electron chi connectivity index (χ1n) is 6.33. The first-order valence-corrected chi connectivity index (χ1v) is 7.10. The molecular formula is C14H10N2O5S. The van der Waals surface area contributed by atoms with Crippen LogP contribution < -0.4 is 5.32 Å². The quantitative estimate of drug-likeness (QED) is 0.797. The minimum Gasteiger partial charge on any atom is -0.478 e. The highest BCUT2D eigenvalue weighted by atomic mass is 32.1. The lowest BCUT2D eigenvalue weighted by Gasteiger charge is -2.22. The molecular weight excluding hydrogens is 308 g/mol. The van der Waals surface area contributed by atoms with Crippen LogP contribution in [0.3, 0.4) is 0 Å². The number of carboxylic acid groups (broad SMARTS) is 2. The molecule has 0 aliphatic carbocycles. The summed E-state index contributed by atoms with van der Waals surface area (Å²) in [5.74, 6) is -2.83. The second-order valence-corrected chi connectivity index (χ2v) is 5.61. The van der Waals surface area contributed by atoms with Crippen molar-refractivity contribution in [2.24, 2.45) is 0 Å². The van der Waals surface area contributed by atoms with Gasteiger partial charge >= 0.3 is 11.9 Å². The zero-order valence-electron chi connectivity index (χ0n) is 11.1. The summed E-state index contributed by atoms with van der Waals surface area (Å²) in [6.07, 6.45) is 0.167. The molecule has 1 aliphatic heterocycles. The van der Waals surface area contributed by atoms with Crippen LogP contribution in [0, 0.1) is 0 Å². The first kappa shape index (κ1) is 14.2. The van der Waals surface area contributed by atoms with E-state index in [9.17, 15) is 14.4 Å². The summed E-state index contributed by atoms with van der Waals surface area (Å²) in [5, 5.41) is 20.6. The van der Waals surface area contributed by atoms with Gasteiger partial charge in [0.15, 0.2) is 5.69 Å². The van der Waals surface area contributed by atoms with Gasteiger partial charge in [-0.15, -0.1) is 0 Å². The van der Waals surface area contributed by atoms with Gasteiger partial charge in [-0.3, -0.25) is 4.79 Å². The summed E-state index contributed by atoms with van der Waals surface area (Å²) >= 11 is 1.03. The Morgan fingerprint density at radius 2 is 1.86 bits per heavy atom. The van der Waals surface area contributed by atoms with Crippen molar-refractivity contribution in [2.75, 3.05) is 5.32 Å². The number of anilines is 1. The number of amides is 1. The molecule has 1 aliphatic rings. The van der Waals surface area contributed by atoms with Crippen LogP contribution in [0.2, 0.25) is 0 Å². The summed E-state index contributed by atoms with van der Waals surface area (Å²) in [4.78, 5) is 34.5. The maximum Gasteiger partial charge on any atom is 0.357 e. The number of hydrogen-bond donors (Lipinski definition) is 3. The molecule has 1 aromatic heterocycles. The van der Waals surface area contributed by atoms with Gasteiger partial charge in [-0.2, -0.15) is 4.37 Å². The van der Waals surface area contributed by atoms with Crippen LogP contribution in [-0.2, 0) is 4.79 Å². The molecule has 0 fully saturated rings. The molecule has 3 N–H and O–H groups in total. The van der Waals surface area contributed by atoms with E-state index in [0.29, 0.717) is 4.88 Å². The summed E-state index contributed by atoms with van der Waals surface area (Å²) in [6.45, 7) is 0. The van der Waals surface area contributed by atoms with Gasteiger partial charge in [0.1, 0.15) is 0 Å². The van der Waals surface area contributed by atoms with Gasteiger partial charge in [0, 0.05) is 12.3 Å². The van der Waals surface area contributed by atoms with Crippen molar-refractivity contribution in [1.82, 2.24) is 4.37 Å². The van der Waals surface area contributed by atoms with Gasteiger partial charge in [-0.1, -0.05) is 12.1 Å². The number of nitrogens with zero attached hydrogens (tertiary/aromatic N) is 1. The molecule has 1 unspecified atom stereocenters. The summed E-state index contributed by atoms with van der Waals surface area (Å²) in [7, 11) is 0. The van der Waals surface area contributed by atoms with Crippen molar-refractivity contribution in [3.8, 4) is 0 Å². The zero-order chi connectivity index (χ0) is 15.9. The number of carbonyl (C=O) groups excluding carboxylic acids is 1. The Morgan fingerprint density at radius 3 is 2.45 bits per heavy atom. The van der Waals surface area contributed by atoms with E-state index >= 15 is 0 Å². The van der Waals surface area contributed by atoms with Crippen LogP contribution in [0.5, 0.6) is 0 Å². The number of carbonyl (C=O) groups is 3. The SMILES string of the molecule is O=C1CC(c2ccc(C(=O)O)cc2)c2snc(C(=O)O)c2N1. The normalized spacial score (nSPS) is 16.7. The lowest BCUT2D eigenvalue weighted by molar-refractivity contribution is -0.116. The van der Waals surface area contributed by atoms with E-state index in [1.165, 1.54) is 12.1 Å². The molecule has 2 heterocycles. The molecule has 22 heavy (non-hydrogen) atoms. The monoisotopic (exact) mass is 318 g/mol. The lowest BCUT2D eigenvalue weighted by atomic mass is 9.89. The number of rotatable bonds is 3. The summed E-state index contributed by atoms with van der Waals surface area (Å²) < 4.78 is 3.89. The van der Waals surface area contributed by atoms with Crippen molar-refractivity contribution in [2.45, 2.75) is 12.3 Å². The van der Waals surface area contributed by atoms with Gasteiger partial charge < -0.3 is 15.5 Å². The summed E-state index contributed by atoms with van der Waals surface area (Å²) in [6, 6.07) is 6.19. The Bertz CT molecular complexity index is 781. The molecule has 0 saturated carbocycles. The lowest BCUT2D eigenvalue weighted by Crippen LogP contribution is -2.23. The standard InChI is InChI=1S/C14H10N2O5S/c17-9-5-8(6-1-3-7(4-2-6)13(18)19)12-10(15-9)11(14(20)21)16-22-12/h1-4,8H,5H2,(H,15,17)(H,18,19)(H,20,21). The van der Waals surface area contributed by atoms with E-state index in [4.69, 9.17) is 10.2 Å². The maximum absolute atomic E-state index is 11.8. The van der Waals surface area contributed by atoms with Gasteiger partial charge in [-0.25, -0.2) is 9.59 Å². The Kier molecular flexibility index (Phi) is 3.38. The number of hydrogen-bond acceptors (Lipinski definition) is 5. The molecule has 0 spiro atoms. The average Bonchev–Trinajstić information content (AvgIpc) is 2.90. The van der Waals surface area contributed by atoms with Crippen molar-refractivity contribution < 1.29 is 24.6 Å². The molecule has 7 nitrogen and oxygen atoms in total. The Labute approximate surface area is 128 Å². The van der Waals surface area contributed by atoms with Crippen LogP contribution in [0.15, 0.2) is 24.3 Å². The molecule has 2 aromatic rings. The van der Waals surface area contributed by atoms with E-state index in [2.05, 4.69) is 9.69 Å². The van der Waals surface area contributed by atoms with Crippen LogP contribution >= 0.6 is 11.5 Å². The first-order chi connectivity index (χ1) is 10.5. The number of aromatic carboxylic acids is 2. The Hall–Kier alpha value is -2.74. The smallest absolute Gasteiger partial charge is 0.357 e. The van der Waals surface area contributed by atoms with E-state index in [-0.39, 0.29) is 35.2 Å². The predicted molar refractivity (Wildman–Crippen MR) is 77.6 cm³/mol. The molecule has 112 valence electrons. The average molecular weight is 318 g/mol. The largest absolute Gasteiger partial charge is 0.478 e. The highest BCUT2D eigenvalue weighted by molar-refractivity contribution is 7.06. The minimum absolute atomic E-state index is 0.153. The van der Waals surface area contributed by atoms with Gasteiger partial charge in [0.25, 0.3) is 0 Å². The summed E-state index contributed by atoms with van der Waals surface area (Å²) in [5.41, 5.74) is 0.975. The highest BCUT2D eigenvalue weighted by Crippen LogP contribution is 2.41. The number of fused-ring (bicyclic) bond motifs is 1. The molecule has 0 saturated heterocycles. The van der Waals surface area contributed by atoms with Gasteiger partial charge in [-0.05, 0) is 29.2 Å². The second kappa shape index (κ2) is 5.23. The molecule has 1 amide bonds. The van der Waals surface area contributed by atoms with Crippen LogP contribution in [-0.4, -0.2) is 32.4 Å². The number of benzene rings is 1. The highest BCUT2D eigenvalue weighted by Gasteiger charge is 2.33. The van der Waals surface area contributed by atoms with Crippen LogP contribution in [0.4, 0.5) is 5.69 Å². The van der Waals surface area contributed by atoms with Gasteiger partial charge in [0.2, 0.25) is 5.91 Å². The molecule has 3 rings (SSSR count). The minimum atomic E-state index is -1.19. The predicted octanol–water partition coefficient (Wildman–Crippen LogP) is 2.01. The van der Waals surface area contributed by atoms with Crippen molar-refractivity contribution in [3.05, 3.63) is 46.0 Å². The third-order valence-corrected chi connectivity index (χ3v) is 4.41. The molecule has 0 bridgehead atoms. The maximum atomic E-state index is 11.8.